The Morgan fingerprint density at radius 1 is 1.38 bits per heavy atom. The topological polar surface area (TPSA) is 76.2 Å². The van der Waals surface area contributed by atoms with E-state index in [4.69, 9.17) is 9.63 Å². The van der Waals surface area contributed by atoms with Crippen LogP contribution in [0.4, 0.5) is 0 Å². The molecule has 0 aliphatic carbocycles. The SMILES string of the molecule is CC(C(=O)O)C(C)c1nc(CSc2ccc(Br)cc2)no1. The first-order valence-corrected chi connectivity index (χ1v) is 8.19. The summed E-state index contributed by atoms with van der Waals surface area (Å²) < 4.78 is 6.19. The molecule has 0 aliphatic heterocycles. The number of hydrogen-bond donors (Lipinski definition) is 1. The molecule has 1 aromatic carbocycles. The molecule has 0 saturated carbocycles. The van der Waals surface area contributed by atoms with E-state index in [1.807, 2.05) is 24.3 Å². The summed E-state index contributed by atoms with van der Waals surface area (Å²) in [6.07, 6.45) is 0. The highest BCUT2D eigenvalue weighted by Crippen LogP contribution is 2.26. The predicted molar refractivity (Wildman–Crippen MR) is 83.2 cm³/mol. The van der Waals surface area contributed by atoms with E-state index in [1.165, 1.54) is 0 Å². The van der Waals surface area contributed by atoms with Crippen molar-refractivity contribution < 1.29 is 14.4 Å². The van der Waals surface area contributed by atoms with E-state index in [2.05, 4.69) is 26.1 Å². The molecule has 2 atom stereocenters. The minimum absolute atomic E-state index is 0.304. The first kappa shape index (κ1) is 16.0. The second kappa shape index (κ2) is 7.09. The number of halogens is 1. The van der Waals surface area contributed by atoms with E-state index < -0.39 is 11.9 Å². The number of carbonyl (C=O) groups is 1. The normalized spacial score (nSPS) is 13.9. The number of carboxylic acids is 1. The predicted octanol–water partition coefficient (Wildman–Crippen LogP) is 3.95. The van der Waals surface area contributed by atoms with Gasteiger partial charge < -0.3 is 9.63 Å². The van der Waals surface area contributed by atoms with Gasteiger partial charge in [0.2, 0.25) is 5.89 Å². The smallest absolute Gasteiger partial charge is 0.307 e. The zero-order valence-corrected chi connectivity index (χ0v) is 14.0. The van der Waals surface area contributed by atoms with Gasteiger partial charge in [-0.25, -0.2) is 0 Å². The van der Waals surface area contributed by atoms with Gasteiger partial charge >= 0.3 is 5.97 Å². The molecule has 112 valence electrons. The van der Waals surface area contributed by atoms with Crippen molar-refractivity contribution in [2.45, 2.75) is 30.4 Å². The number of rotatable bonds is 6. The summed E-state index contributed by atoms with van der Waals surface area (Å²) in [6.45, 7) is 3.41. The van der Waals surface area contributed by atoms with Crippen molar-refractivity contribution in [2.75, 3.05) is 0 Å². The maximum Gasteiger partial charge on any atom is 0.307 e. The summed E-state index contributed by atoms with van der Waals surface area (Å²) in [5, 5.41) is 12.9. The Balaban J connectivity index is 1.97. The van der Waals surface area contributed by atoms with Crippen molar-refractivity contribution in [3.05, 3.63) is 40.5 Å². The average Bonchev–Trinajstić information content (AvgIpc) is 2.94. The van der Waals surface area contributed by atoms with Crippen LogP contribution in [0.5, 0.6) is 0 Å². The maximum atomic E-state index is 11.0. The van der Waals surface area contributed by atoms with E-state index in [-0.39, 0.29) is 5.92 Å². The van der Waals surface area contributed by atoms with Gasteiger partial charge in [0.1, 0.15) is 0 Å². The molecule has 2 unspecified atom stereocenters. The molecule has 0 aliphatic rings. The van der Waals surface area contributed by atoms with Crippen LogP contribution in [0, 0.1) is 5.92 Å². The van der Waals surface area contributed by atoms with Gasteiger partial charge in [-0.05, 0) is 24.3 Å². The highest BCUT2D eigenvalue weighted by Gasteiger charge is 2.25. The summed E-state index contributed by atoms with van der Waals surface area (Å²) >= 11 is 4.99. The van der Waals surface area contributed by atoms with E-state index >= 15 is 0 Å². The van der Waals surface area contributed by atoms with Crippen LogP contribution < -0.4 is 0 Å². The van der Waals surface area contributed by atoms with Crippen LogP contribution >= 0.6 is 27.7 Å². The molecule has 0 radical (unpaired) electrons. The summed E-state index contributed by atoms with van der Waals surface area (Å²) in [7, 11) is 0. The highest BCUT2D eigenvalue weighted by atomic mass is 79.9. The van der Waals surface area contributed by atoms with Gasteiger partial charge in [0.25, 0.3) is 0 Å². The Morgan fingerprint density at radius 3 is 2.67 bits per heavy atom. The molecule has 0 bridgehead atoms. The van der Waals surface area contributed by atoms with E-state index in [1.54, 1.807) is 25.6 Å². The molecule has 7 heteroatoms. The fourth-order valence-corrected chi connectivity index (χ4v) is 2.62. The maximum absolute atomic E-state index is 11.0. The molecular weight excluding hydrogens is 356 g/mol. The molecule has 5 nitrogen and oxygen atoms in total. The van der Waals surface area contributed by atoms with Crippen LogP contribution in [0.15, 0.2) is 38.2 Å². The molecule has 1 aromatic heterocycles. The molecule has 2 rings (SSSR count). The third-order valence-electron chi connectivity index (χ3n) is 3.19. The van der Waals surface area contributed by atoms with Crippen LogP contribution in [-0.2, 0) is 10.5 Å². The van der Waals surface area contributed by atoms with Gasteiger partial charge in [-0.2, -0.15) is 4.98 Å². The average molecular weight is 371 g/mol. The first-order chi connectivity index (χ1) is 9.97. The minimum atomic E-state index is -0.869. The summed E-state index contributed by atoms with van der Waals surface area (Å²) in [5.74, 6) is -0.205. The number of thioether (sulfide) groups is 1. The van der Waals surface area contributed by atoms with Gasteiger partial charge in [0.05, 0.1) is 11.7 Å². The quantitative estimate of drug-likeness (QED) is 0.775. The van der Waals surface area contributed by atoms with Gasteiger partial charge in [-0.15, -0.1) is 11.8 Å². The lowest BCUT2D eigenvalue weighted by Crippen LogP contribution is -2.16. The summed E-state index contributed by atoms with van der Waals surface area (Å²) in [5.41, 5.74) is 0. The van der Waals surface area contributed by atoms with Gasteiger partial charge in [0, 0.05) is 15.3 Å². The van der Waals surface area contributed by atoms with Crippen LogP contribution in [0.25, 0.3) is 0 Å². The number of hydrogen-bond acceptors (Lipinski definition) is 5. The lowest BCUT2D eigenvalue weighted by atomic mass is 9.96. The number of benzene rings is 1. The molecule has 21 heavy (non-hydrogen) atoms. The van der Waals surface area contributed by atoms with Gasteiger partial charge in [0.15, 0.2) is 5.82 Å². The Morgan fingerprint density at radius 2 is 2.05 bits per heavy atom. The Kier molecular flexibility index (Phi) is 5.41. The van der Waals surface area contributed by atoms with Crippen molar-refractivity contribution in [1.82, 2.24) is 10.1 Å². The van der Waals surface area contributed by atoms with Crippen molar-refractivity contribution >= 4 is 33.7 Å². The third-order valence-corrected chi connectivity index (χ3v) is 4.73. The highest BCUT2D eigenvalue weighted by molar-refractivity contribution is 9.10. The minimum Gasteiger partial charge on any atom is -0.481 e. The van der Waals surface area contributed by atoms with E-state index in [0.29, 0.717) is 17.5 Å². The van der Waals surface area contributed by atoms with E-state index in [0.717, 1.165) is 9.37 Å². The van der Waals surface area contributed by atoms with Gasteiger partial charge in [-0.3, -0.25) is 4.79 Å². The number of carboxylic acid groups (broad SMARTS) is 1. The Bertz CT molecular complexity index is 615. The third kappa shape index (κ3) is 4.31. The lowest BCUT2D eigenvalue weighted by Gasteiger charge is -2.10. The van der Waals surface area contributed by atoms with Gasteiger partial charge in [-0.1, -0.05) is 34.9 Å². The molecule has 0 spiro atoms. The number of nitrogens with zero attached hydrogens (tertiary/aromatic N) is 2. The van der Waals surface area contributed by atoms with Crippen LogP contribution in [0.3, 0.4) is 0 Å². The zero-order valence-electron chi connectivity index (χ0n) is 11.6. The Hall–Kier alpha value is -1.34. The molecular formula is C14H15BrN2O3S. The number of aromatic nitrogens is 2. The molecule has 0 saturated heterocycles. The number of aliphatic carboxylic acids is 1. The Labute approximate surface area is 135 Å². The lowest BCUT2D eigenvalue weighted by molar-refractivity contribution is -0.141. The zero-order chi connectivity index (χ0) is 15.4. The molecule has 1 N–H and O–H groups in total. The standard InChI is InChI=1S/C14H15BrN2O3S/c1-8(9(2)14(18)19)13-16-12(17-20-13)7-21-11-5-3-10(15)4-6-11/h3-6,8-9H,7H2,1-2H3,(H,18,19). The second-order valence-corrected chi connectivity index (χ2v) is 6.67. The fourth-order valence-electron chi connectivity index (χ4n) is 1.62. The second-order valence-electron chi connectivity index (χ2n) is 4.71. The van der Waals surface area contributed by atoms with Crippen LogP contribution in [0.1, 0.15) is 31.5 Å². The summed E-state index contributed by atoms with van der Waals surface area (Å²) in [4.78, 5) is 16.3. The van der Waals surface area contributed by atoms with Crippen molar-refractivity contribution in [2.24, 2.45) is 5.92 Å². The van der Waals surface area contributed by atoms with Crippen LogP contribution in [-0.4, -0.2) is 21.2 Å². The van der Waals surface area contributed by atoms with Crippen LogP contribution in [0.2, 0.25) is 0 Å². The van der Waals surface area contributed by atoms with Crippen molar-refractivity contribution in [3.63, 3.8) is 0 Å². The monoisotopic (exact) mass is 370 g/mol. The van der Waals surface area contributed by atoms with E-state index in [9.17, 15) is 4.79 Å². The molecule has 0 fully saturated rings. The molecule has 2 aromatic rings. The first-order valence-electron chi connectivity index (χ1n) is 6.41. The molecule has 0 amide bonds. The largest absolute Gasteiger partial charge is 0.481 e. The van der Waals surface area contributed by atoms with Crippen molar-refractivity contribution in [3.8, 4) is 0 Å². The van der Waals surface area contributed by atoms with Crippen molar-refractivity contribution in [1.29, 1.82) is 0 Å². The molecule has 1 heterocycles. The fraction of sp³-hybridized carbons (Fsp3) is 0.357. The summed E-state index contributed by atoms with van der Waals surface area (Å²) in [6, 6.07) is 7.96.